The van der Waals surface area contributed by atoms with Gasteiger partial charge >= 0.3 is 0 Å². The van der Waals surface area contributed by atoms with Gasteiger partial charge in [-0.2, -0.15) is 0 Å². The van der Waals surface area contributed by atoms with Gasteiger partial charge in [-0.15, -0.1) is 6.42 Å². The van der Waals surface area contributed by atoms with Gasteiger partial charge in [0.25, 0.3) is 0 Å². The molecule has 45 heavy (non-hydrogen) atoms. The fraction of sp³-hybridized carbons (Fsp3) is 0.0233. The standard InChI is InChI=1S/C43H30N2/c1-3-13-34(14-4-2)44-42-24-21-31(30-15-7-5-8-16-30)27-38(42)39-29-33(23-26-43(39)44)32-22-25-41-37(28-32)36-19-11-12-20-40(36)45(41)35-17-9-6-10-18-35/h1,4-29H,2H3/b14-4-,34-13+. The van der Waals surface area contributed by atoms with Crippen LogP contribution in [0.15, 0.2) is 158 Å². The molecular formula is C43H30N2. The molecule has 6 aromatic carbocycles. The Balaban J connectivity index is 1.37. The number of fused-ring (bicyclic) bond motifs is 6. The lowest BCUT2D eigenvalue weighted by atomic mass is 9.99. The second kappa shape index (κ2) is 10.9. The first kappa shape index (κ1) is 26.6. The minimum atomic E-state index is 0.968. The van der Waals surface area contributed by atoms with E-state index in [4.69, 9.17) is 6.42 Å². The average molecular weight is 575 g/mol. The minimum absolute atomic E-state index is 0.968. The molecule has 2 heteroatoms. The Morgan fingerprint density at radius 2 is 1.04 bits per heavy atom. The van der Waals surface area contributed by atoms with Crippen LogP contribution in [0.3, 0.4) is 0 Å². The Labute approximate surface area is 262 Å². The fourth-order valence-corrected chi connectivity index (χ4v) is 6.74. The van der Waals surface area contributed by atoms with Gasteiger partial charge in [-0.25, -0.2) is 0 Å². The van der Waals surface area contributed by atoms with Gasteiger partial charge in [0.05, 0.1) is 27.8 Å². The molecule has 0 spiro atoms. The maximum atomic E-state index is 5.80. The van der Waals surface area contributed by atoms with E-state index >= 15 is 0 Å². The molecule has 0 unspecified atom stereocenters. The predicted octanol–water partition coefficient (Wildman–Crippen LogP) is 11.3. The number of nitrogens with zero attached hydrogens (tertiary/aromatic N) is 2. The third kappa shape index (κ3) is 4.37. The minimum Gasteiger partial charge on any atom is -0.309 e. The molecule has 2 nitrogen and oxygen atoms in total. The third-order valence-corrected chi connectivity index (χ3v) is 8.72. The zero-order valence-corrected chi connectivity index (χ0v) is 25.0. The van der Waals surface area contributed by atoms with Crippen molar-refractivity contribution >= 4 is 49.3 Å². The lowest BCUT2D eigenvalue weighted by Crippen LogP contribution is -1.94. The number of para-hydroxylation sites is 2. The van der Waals surface area contributed by atoms with Crippen molar-refractivity contribution in [2.24, 2.45) is 0 Å². The van der Waals surface area contributed by atoms with Crippen molar-refractivity contribution in [3.8, 4) is 40.3 Å². The van der Waals surface area contributed by atoms with Crippen molar-refractivity contribution in [2.75, 3.05) is 0 Å². The highest BCUT2D eigenvalue weighted by Gasteiger charge is 2.17. The average Bonchev–Trinajstić information content (AvgIpc) is 3.60. The van der Waals surface area contributed by atoms with E-state index in [-0.39, 0.29) is 0 Å². The Kier molecular flexibility index (Phi) is 6.44. The van der Waals surface area contributed by atoms with E-state index in [0.717, 1.165) is 22.4 Å². The van der Waals surface area contributed by atoms with Crippen molar-refractivity contribution in [2.45, 2.75) is 6.92 Å². The van der Waals surface area contributed by atoms with E-state index in [1.54, 1.807) is 0 Å². The molecule has 0 N–H and O–H groups in total. The van der Waals surface area contributed by atoms with E-state index in [2.05, 4.69) is 161 Å². The number of rotatable bonds is 5. The van der Waals surface area contributed by atoms with Gasteiger partial charge in [0.1, 0.15) is 0 Å². The highest BCUT2D eigenvalue weighted by atomic mass is 15.0. The zero-order chi connectivity index (χ0) is 30.3. The largest absolute Gasteiger partial charge is 0.309 e. The quantitative estimate of drug-likeness (QED) is 0.143. The van der Waals surface area contributed by atoms with E-state index in [1.807, 2.05) is 19.1 Å². The summed E-state index contributed by atoms with van der Waals surface area (Å²) in [5.41, 5.74) is 11.6. The molecule has 0 atom stereocenters. The Hall–Kier alpha value is -6.04. The molecule has 8 rings (SSSR count). The maximum Gasteiger partial charge on any atom is 0.0542 e. The van der Waals surface area contributed by atoms with E-state index in [1.165, 1.54) is 54.8 Å². The molecule has 0 amide bonds. The molecule has 212 valence electrons. The summed E-state index contributed by atoms with van der Waals surface area (Å²) in [5.74, 6) is 2.75. The first-order valence-corrected chi connectivity index (χ1v) is 15.3. The summed E-state index contributed by atoms with van der Waals surface area (Å²) in [7, 11) is 0. The molecule has 0 fully saturated rings. The SMILES string of the molecule is C#C/C=C(\C=C/C)n1c2ccc(-c3ccccc3)cc2c2cc(-c3ccc4c(c3)c3ccccc3n4-c3ccccc3)ccc21. The van der Waals surface area contributed by atoms with Gasteiger partial charge in [0.15, 0.2) is 0 Å². The molecule has 0 bridgehead atoms. The van der Waals surface area contributed by atoms with Crippen molar-refractivity contribution in [3.63, 3.8) is 0 Å². The van der Waals surface area contributed by atoms with Crippen LogP contribution in [-0.2, 0) is 0 Å². The lowest BCUT2D eigenvalue weighted by molar-refractivity contribution is 1.18. The van der Waals surface area contributed by atoms with Gasteiger partial charge in [-0.1, -0.05) is 96.9 Å². The maximum absolute atomic E-state index is 5.80. The molecular weight excluding hydrogens is 544 g/mol. The van der Waals surface area contributed by atoms with E-state index in [0.29, 0.717) is 0 Å². The third-order valence-electron chi connectivity index (χ3n) is 8.72. The van der Waals surface area contributed by atoms with Gasteiger partial charge in [0, 0.05) is 33.3 Å². The van der Waals surface area contributed by atoms with Crippen molar-refractivity contribution in [1.29, 1.82) is 0 Å². The van der Waals surface area contributed by atoms with Crippen molar-refractivity contribution < 1.29 is 0 Å². The fourth-order valence-electron chi connectivity index (χ4n) is 6.74. The number of benzene rings is 6. The van der Waals surface area contributed by atoms with Crippen LogP contribution in [0.25, 0.3) is 77.2 Å². The molecule has 2 aromatic heterocycles. The van der Waals surface area contributed by atoms with Crippen LogP contribution >= 0.6 is 0 Å². The van der Waals surface area contributed by atoms with Crippen LogP contribution in [0, 0.1) is 12.3 Å². The Morgan fingerprint density at radius 3 is 1.67 bits per heavy atom. The molecule has 2 heterocycles. The van der Waals surface area contributed by atoms with Crippen LogP contribution in [-0.4, -0.2) is 9.13 Å². The molecule has 0 aliphatic heterocycles. The van der Waals surface area contributed by atoms with Crippen LogP contribution in [0.2, 0.25) is 0 Å². The predicted molar refractivity (Wildman–Crippen MR) is 193 cm³/mol. The molecule has 0 radical (unpaired) electrons. The molecule has 0 saturated carbocycles. The second-order valence-corrected chi connectivity index (χ2v) is 11.3. The van der Waals surface area contributed by atoms with Gasteiger partial charge in [-0.3, -0.25) is 0 Å². The highest BCUT2D eigenvalue weighted by molar-refractivity contribution is 6.14. The summed E-state index contributed by atoms with van der Waals surface area (Å²) < 4.78 is 4.64. The second-order valence-electron chi connectivity index (χ2n) is 11.3. The smallest absolute Gasteiger partial charge is 0.0542 e. The van der Waals surface area contributed by atoms with Crippen molar-refractivity contribution in [3.05, 3.63) is 158 Å². The number of hydrogen-bond donors (Lipinski definition) is 0. The number of aromatic nitrogens is 2. The normalized spacial score (nSPS) is 12.1. The Bertz CT molecular complexity index is 2480. The molecule has 0 aliphatic carbocycles. The van der Waals surface area contributed by atoms with Crippen LogP contribution in [0.4, 0.5) is 0 Å². The summed E-state index contributed by atoms with van der Waals surface area (Å²) in [6, 6.07) is 50.2. The topological polar surface area (TPSA) is 9.86 Å². The summed E-state index contributed by atoms with van der Waals surface area (Å²) >= 11 is 0. The highest BCUT2D eigenvalue weighted by Crippen LogP contribution is 2.39. The van der Waals surface area contributed by atoms with Gasteiger partial charge in [-0.05, 0) is 89.9 Å². The van der Waals surface area contributed by atoms with E-state index < -0.39 is 0 Å². The Morgan fingerprint density at radius 1 is 0.533 bits per heavy atom. The monoisotopic (exact) mass is 574 g/mol. The summed E-state index contributed by atoms with van der Waals surface area (Å²) in [6.45, 7) is 2.02. The van der Waals surface area contributed by atoms with Crippen LogP contribution in [0.5, 0.6) is 0 Å². The number of terminal acetylenes is 1. The first-order chi connectivity index (χ1) is 22.2. The molecule has 0 saturated heterocycles. The number of allylic oxidation sites excluding steroid dienone is 4. The summed E-state index contributed by atoms with van der Waals surface area (Å²) in [5, 5.41) is 4.88. The van der Waals surface area contributed by atoms with E-state index in [9.17, 15) is 0 Å². The van der Waals surface area contributed by atoms with Gasteiger partial charge < -0.3 is 9.13 Å². The molecule has 0 aliphatic rings. The van der Waals surface area contributed by atoms with Gasteiger partial charge in [0.2, 0.25) is 0 Å². The van der Waals surface area contributed by atoms with Crippen LogP contribution < -0.4 is 0 Å². The lowest BCUT2D eigenvalue weighted by Gasteiger charge is -2.09. The summed E-state index contributed by atoms with van der Waals surface area (Å²) in [4.78, 5) is 0. The van der Waals surface area contributed by atoms with Crippen molar-refractivity contribution in [1.82, 2.24) is 9.13 Å². The molecule has 8 aromatic rings. The number of hydrogen-bond acceptors (Lipinski definition) is 0. The zero-order valence-electron chi connectivity index (χ0n) is 25.0. The summed E-state index contributed by atoms with van der Waals surface area (Å²) in [6.07, 6.45) is 11.8. The first-order valence-electron chi connectivity index (χ1n) is 15.3. The van der Waals surface area contributed by atoms with Crippen LogP contribution in [0.1, 0.15) is 6.92 Å².